The summed E-state index contributed by atoms with van der Waals surface area (Å²) in [6.45, 7) is 6.71. The SMILES string of the molecule is CC(C)c1cc(O)c2c(c1)C(Nc1cccc3[nH]c(=O)ccc13)C(O)(C(F)(F)F)C(C)C2C. The summed E-state index contributed by atoms with van der Waals surface area (Å²) in [7, 11) is 0. The third-order valence-electron chi connectivity index (χ3n) is 7.05. The fourth-order valence-electron chi connectivity index (χ4n) is 4.96. The van der Waals surface area contributed by atoms with Crippen LogP contribution in [0.5, 0.6) is 5.75 Å². The van der Waals surface area contributed by atoms with Gasteiger partial charge in [0.15, 0.2) is 5.60 Å². The molecule has 0 aliphatic heterocycles. The minimum absolute atomic E-state index is 0.0434. The fourth-order valence-corrected chi connectivity index (χ4v) is 4.96. The Morgan fingerprint density at radius 2 is 1.82 bits per heavy atom. The maximum atomic E-state index is 14.5. The van der Waals surface area contributed by atoms with E-state index < -0.39 is 29.7 Å². The minimum Gasteiger partial charge on any atom is -0.508 e. The number of phenols is 1. The average Bonchev–Trinajstić information content (AvgIpc) is 2.73. The number of hydrogen-bond donors (Lipinski definition) is 4. The normalized spacial score (nSPS) is 25.3. The topological polar surface area (TPSA) is 85.4 Å². The van der Waals surface area contributed by atoms with Crippen LogP contribution in [0.4, 0.5) is 18.9 Å². The summed E-state index contributed by atoms with van der Waals surface area (Å²) >= 11 is 0. The van der Waals surface area contributed by atoms with Crippen LogP contribution in [0.15, 0.2) is 47.3 Å². The largest absolute Gasteiger partial charge is 0.508 e. The second kappa shape index (κ2) is 7.80. The number of alkyl halides is 3. The average molecular weight is 460 g/mol. The van der Waals surface area contributed by atoms with Gasteiger partial charge in [-0.3, -0.25) is 4.79 Å². The number of benzene rings is 2. The fraction of sp³-hybridized carbons (Fsp3) is 0.400. The summed E-state index contributed by atoms with van der Waals surface area (Å²) in [4.78, 5) is 14.4. The molecule has 4 unspecified atom stereocenters. The zero-order chi connectivity index (χ0) is 24.3. The number of nitrogens with one attached hydrogen (secondary N) is 2. The molecular formula is C25H27F3N2O3. The number of phenolic OH excluding ortho intramolecular Hbond substituents is 1. The lowest BCUT2D eigenvalue weighted by atomic mass is 9.63. The predicted octanol–water partition coefficient (Wildman–Crippen LogP) is 5.56. The zero-order valence-electron chi connectivity index (χ0n) is 18.8. The van der Waals surface area contributed by atoms with Crippen molar-refractivity contribution in [2.45, 2.75) is 57.3 Å². The molecule has 33 heavy (non-hydrogen) atoms. The van der Waals surface area contributed by atoms with E-state index in [1.165, 1.54) is 19.1 Å². The Bertz CT molecular complexity index is 1270. The van der Waals surface area contributed by atoms with E-state index >= 15 is 0 Å². The Morgan fingerprint density at radius 3 is 2.45 bits per heavy atom. The highest BCUT2D eigenvalue weighted by molar-refractivity contribution is 5.91. The third kappa shape index (κ3) is 3.57. The molecule has 0 bridgehead atoms. The highest BCUT2D eigenvalue weighted by atomic mass is 19.4. The molecule has 8 heteroatoms. The van der Waals surface area contributed by atoms with Crippen molar-refractivity contribution < 1.29 is 23.4 Å². The molecule has 0 saturated heterocycles. The van der Waals surface area contributed by atoms with E-state index in [0.717, 1.165) is 0 Å². The molecule has 3 aromatic rings. The lowest BCUT2D eigenvalue weighted by Gasteiger charge is -2.49. The van der Waals surface area contributed by atoms with Crippen molar-refractivity contribution in [3.8, 4) is 5.75 Å². The van der Waals surface area contributed by atoms with Crippen molar-refractivity contribution >= 4 is 16.6 Å². The van der Waals surface area contributed by atoms with E-state index in [4.69, 9.17) is 0 Å². The molecule has 176 valence electrons. The van der Waals surface area contributed by atoms with Crippen LogP contribution in [0.25, 0.3) is 10.9 Å². The number of fused-ring (bicyclic) bond motifs is 2. The molecule has 4 rings (SSSR count). The van der Waals surface area contributed by atoms with Gasteiger partial charge in [0.1, 0.15) is 5.75 Å². The molecular weight excluding hydrogens is 433 g/mol. The van der Waals surface area contributed by atoms with Gasteiger partial charge in [-0.15, -0.1) is 0 Å². The lowest BCUT2D eigenvalue weighted by Crippen LogP contribution is -2.60. The summed E-state index contributed by atoms with van der Waals surface area (Å²) in [6.07, 6.45) is -4.95. The predicted molar refractivity (Wildman–Crippen MR) is 122 cm³/mol. The van der Waals surface area contributed by atoms with Crippen molar-refractivity contribution in [2.75, 3.05) is 5.32 Å². The number of aromatic nitrogens is 1. The number of H-pyrrole nitrogens is 1. The Labute approximate surface area is 189 Å². The lowest BCUT2D eigenvalue weighted by molar-refractivity contribution is -0.289. The molecule has 1 heterocycles. The van der Waals surface area contributed by atoms with E-state index in [1.54, 1.807) is 37.3 Å². The van der Waals surface area contributed by atoms with Crippen molar-refractivity contribution in [3.05, 3.63) is 69.5 Å². The quantitative estimate of drug-likeness (QED) is 0.413. The highest BCUT2D eigenvalue weighted by Gasteiger charge is 2.65. The molecule has 0 saturated carbocycles. The Hall–Kier alpha value is -3.00. The number of rotatable bonds is 3. The van der Waals surface area contributed by atoms with Gasteiger partial charge in [0.2, 0.25) is 5.56 Å². The van der Waals surface area contributed by atoms with Crippen LogP contribution in [0.3, 0.4) is 0 Å². The van der Waals surface area contributed by atoms with Crippen LogP contribution in [0.2, 0.25) is 0 Å². The van der Waals surface area contributed by atoms with Crippen LogP contribution < -0.4 is 10.9 Å². The van der Waals surface area contributed by atoms with Gasteiger partial charge in [-0.2, -0.15) is 13.2 Å². The number of halogens is 3. The molecule has 2 aromatic carbocycles. The number of anilines is 1. The molecule has 1 aromatic heterocycles. The van der Waals surface area contributed by atoms with E-state index in [1.807, 2.05) is 13.8 Å². The van der Waals surface area contributed by atoms with Crippen LogP contribution in [-0.2, 0) is 0 Å². The molecule has 0 amide bonds. The molecule has 0 spiro atoms. The second-order valence-electron chi connectivity index (χ2n) is 9.26. The second-order valence-corrected chi connectivity index (χ2v) is 9.26. The number of hydrogen-bond acceptors (Lipinski definition) is 4. The van der Waals surface area contributed by atoms with E-state index in [-0.39, 0.29) is 22.8 Å². The third-order valence-corrected chi connectivity index (χ3v) is 7.05. The summed E-state index contributed by atoms with van der Waals surface area (Å²) in [5.41, 5.74) is -1.36. The van der Waals surface area contributed by atoms with Gasteiger partial charge in [-0.05, 0) is 47.2 Å². The van der Waals surface area contributed by atoms with Crippen LogP contribution >= 0.6 is 0 Å². The van der Waals surface area contributed by atoms with Crippen LogP contribution in [0, 0.1) is 5.92 Å². The Kier molecular flexibility index (Phi) is 5.47. The molecule has 1 aliphatic rings. The van der Waals surface area contributed by atoms with Gasteiger partial charge >= 0.3 is 6.18 Å². The number of aromatic amines is 1. The van der Waals surface area contributed by atoms with E-state index in [0.29, 0.717) is 27.7 Å². The van der Waals surface area contributed by atoms with Crippen LogP contribution in [-0.4, -0.2) is 27.0 Å². The van der Waals surface area contributed by atoms with Crippen molar-refractivity contribution in [1.82, 2.24) is 4.98 Å². The molecule has 4 N–H and O–H groups in total. The molecule has 0 fully saturated rings. The monoisotopic (exact) mass is 460 g/mol. The Balaban J connectivity index is 1.99. The summed E-state index contributed by atoms with van der Waals surface area (Å²) < 4.78 is 43.6. The van der Waals surface area contributed by atoms with Crippen molar-refractivity contribution in [3.63, 3.8) is 0 Å². The first-order valence-electron chi connectivity index (χ1n) is 10.9. The first-order valence-corrected chi connectivity index (χ1v) is 10.9. The number of aromatic hydroxyl groups is 1. The molecule has 1 aliphatic carbocycles. The molecule has 0 radical (unpaired) electrons. The zero-order valence-corrected chi connectivity index (χ0v) is 18.8. The minimum atomic E-state index is -4.95. The van der Waals surface area contributed by atoms with Gasteiger partial charge in [0.25, 0.3) is 0 Å². The van der Waals surface area contributed by atoms with Gasteiger partial charge in [-0.25, -0.2) is 0 Å². The summed E-state index contributed by atoms with van der Waals surface area (Å²) in [6, 6.07) is 9.35. The molecule has 4 atom stereocenters. The van der Waals surface area contributed by atoms with Gasteiger partial charge in [-0.1, -0.05) is 39.8 Å². The van der Waals surface area contributed by atoms with Crippen molar-refractivity contribution in [1.29, 1.82) is 0 Å². The van der Waals surface area contributed by atoms with Gasteiger partial charge < -0.3 is 20.5 Å². The first kappa shape index (κ1) is 23.2. The highest BCUT2D eigenvalue weighted by Crippen LogP contribution is 2.57. The molecule has 5 nitrogen and oxygen atoms in total. The smallest absolute Gasteiger partial charge is 0.419 e. The Morgan fingerprint density at radius 1 is 1.12 bits per heavy atom. The van der Waals surface area contributed by atoms with E-state index in [9.17, 15) is 28.2 Å². The van der Waals surface area contributed by atoms with Gasteiger partial charge in [0.05, 0.1) is 11.6 Å². The number of aliphatic hydroxyl groups is 1. The summed E-state index contributed by atoms with van der Waals surface area (Å²) in [5.74, 6) is -2.10. The van der Waals surface area contributed by atoms with Gasteiger partial charge in [0, 0.05) is 28.6 Å². The van der Waals surface area contributed by atoms with Crippen molar-refractivity contribution in [2.24, 2.45) is 5.92 Å². The maximum Gasteiger partial charge on any atom is 0.419 e. The first-order chi connectivity index (χ1) is 15.4. The van der Waals surface area contributed by atoms with E-state index in [2.05, 4.69) is 10.3 Å². The maximum absolute atomic E-state index is 14.5. The standard InChI is InChI=1S/C25H27F3N2O3/c1-12(2)15-10-17-22(20(31)11-15)13(3)14(4)24(33,25(26,27)28)23(17)30-19-7-5-6-18-16(19)8-9-21(32)29-18/h5-14,23,30-31,33H,1-4H3,(H,29,32). The number of pyridine rings is 1. The van der Waals surface area contributed by atoms with Crippen LogP contribution in [0.1, 0.15) is 62.3 Å². The summed E-state index contributed by atoms with van der Waals surface area (Å²) in [5, 5.41) is 25.6.